The number of hydrogen-bond acceptors (Lipinski definition) is 3. The van der Waals surface area contributed by atoms with E-state index in [1.807, 2.05) is 0 Å². The quantitative estimate of drug-likeness (QED) is 0.783. The minimum atomic E-state index is -1.04. The fourth-order valence-corrected chi connectivity index (χ4v) is 3.80. The van der Waals surface area contributed by atoms with Crippen molar-refractivity contribution in [1.82, 2.24) is 0 Å². The second-order valence-corrected chi connectivity index (χ2v) is 6.90. The number of amides is 1. The molecule has 0 aromatic heterocycles. The van der Waals surface area contributed by atoms with Gasteiger partial charge in [-0.3, -0.25) is 9.59 Å². The van der Waals surface area contributed by atoms with Crippen molar-refractivity contribution < 1.29 is 19.4 Å². The van der Waals surface area contributed by atoms with Crippen LogP contribution in [0.2, 0.25) is 5.02 Å². The first-order valence-corrected chi connectivity index (χ1v) is 7.85. The molecule has 116 valence electrons. The van der Waals surface area contributed by atoms with Crippen LogP contribution in [0.15, 0.2) is 34.8 Å². The van der Waals surface area contributed by atoms with Crippen LogP contribution in [-0.2, 0) is 14.3 Å². The Labute approximate surface area is 140 Å². The topological polar surface area (TPSA) is 75.6 Å². The number of fused-ring (bicyclic) bond motifs is 2. The van der Waals surface area contributed by atoms with Crippen molar-refractivity contribution in [2.24, 2.45) is 11.8 Å². The Morgan fingerprint density at radius 1 is 1.45 bits per heavy atom. The normalized spacial score (nSPS) is 32.2. The number of anilines is 1. The largest absolute Gasteiger partial charge is 0.481 e. The maximum atomic E-state index is 12.6. The Bertz CT molecular complexity index is 692. The van der Waals surface area contributed by atoms with E-state index >= 15 is 0 Å². The van der Waals surface area contributed by atoms with E-state index in [-0.39, 0.29) is 0 Å². The van der Waals surface area contributed by atoms with E-state index in [1.54, 1.807) is 37.3 Å². The summed E-state index contributed by atoms with van der Waals surface area (Å²) in [5, 5.41) is 12.5. The van der Waals surface area contributed by atoms with Gasteiger partial charge >= 0.3 is 5.97 Å². The summed E-state index contributed by atoms with van der Waals surface area (Å²) in [6, 6.07) is 5.06. The third-order valence-electron chi connectivity index (χ3n) is 4.09. The number of halogens is 2. The fourth-order valence-electron chi connectivity index (χ4n) is 3.08. The molecule has 7 heteroatoms. The Kier molecular flexibility index (Phi) is 3.79. The predicted octanol–water partition coefficient (Wildman–Crippen LogP) is 3.09. The molecule has 0 unspecified atom stereocenters. The van der Waals surface area contributed by atoms with Crippen LogP contribution in [0.25, 0.3) is 0 Å². The molecule has 0 saturated carbocycles. The van der Waals surface area contributed by atoms with E-state index < -0.39 is 35.4 Å². The highest BCUT2D eigenvalue weighted by Crippen LogP contribution is 2.47. The molecule has 1 fully saturated rings. The highest BCUT2D eigenvalue weighted by molar-refractivity contribution is 9.10. The highest BCUT2D eigenvalue weighted by atomic mass is 79.9. The maximum Gasteiger partial charge on any atom is 0.310 e. The zero-order valence-corrected chi connectivity index (χ0v) is 13.9. The Balaban J connectivity index is 1.88. The van der Waals surface area contributed by atoms with Crippen molar-refractivity contribution in [3.05, 3.63) is 39.8 Å². The minimum Gasteiger partial charge on any atom is -0.481 e. The van der Waals surface area contributed by atoms with Crippen molar-refractivity contribution in [3.8, 4) is 0 Å². The van der Waals surface area contributed by atoms with Crippen LogP contribution >= 0.6 is 27.5 Å². The summed E-state index contributed by atoms with van der Waals surface area (Å²) in [5.74, 6) is -3.16. The summed E-state index contributed by atoms with van der Waals surface area (Å²) < 4.78 is 6.45. The number of ether oxygens (including phenoxy) is 1. The van der Waals surface area contributed by atoms with Gasteiger partial charge in [0.1, 0.15) is 5.92 Å². The lowest BCUT2D eigenvalue weighted by atomic mass is 9.75. The number of carboxylic acid groups (broad SMARTS) is 1. The lowest BCUT2D eigenvalue weighted by Gasteiger charge is -2.28. The van der Waals surface area contributed by atoms with E-state index in [9.17, 15) is 14.7 Å². The summed E-state index contributed by atoms with van der Waals surface area (Å²) >= 11 is 9.38. The molecule has 1 amide bonds. The van der Waals surface area contributed by atoms with Crippen molar-refractivity contribution in [2.75, 3.05) is 5.32 Å². The van der Waals surface area contributed by atoms with E-state index in [2.05, 4.69) is 21.2 Å². The van der Waals surface area contributed by atoms with Gasteiger partial charge in [0, 0.05) is 4.47 Å². The number of carbonyl (C=O) groups excluding carboxylic acids is 1. The Hall–Kier alpha value is -1.37. The summed E-state index contributed by atoms with van der Waals surface area (Å²) in [5.41, 5.74) is -0.464. The molecule has 2 bridgehead atoms. The molecule has 0 radical (unpaired) electrons. The number of nitrogens with one attached hydrogen (secondary N) is 1. The van der Waals surface area contributed by atoms with Gasteiger partial charge in [-0.05, 0) is 25.1 Å². The van der Waals surface area contributed by atoms with Crippen LogP contribution in [-0.4, -0.2) is 28.7 Å². The number of benzene rings is 1. The van der Waals surface area contributed by atoms with Crippen LogP contribution in [0.1, 0.15) is 6.92 Å². The summed E-state index contributed by atoms with van der Waals surface area (Å²) in [6.07, 6.45) is 2.89. The smallest absolute Gasteiger partial charge is 0.310 e. The van der Waals surface area contributed by atoms with Gasteiger partial charge in [-0.2, -0.15) is 0 Å². The number of carbonyl (C=O) groups is 2. The van der Waals surface area contributed by atoms with Crippen LogP contribution < -0.4 is 5.32 Å². The van der Waals surface area contributed by atoms with Crippen LogP contribution in [0, 0.1) is 11.8 Å². The average molecular weight is 387 g/mol. The van der Waals surface area contributed by atoms with Crippen LogP contribution in [0.4, 0.5) is 5.69 Å². The lowest BCUT2D eigenvalue weighted by Crippen LogP contribution is -2.44. The second kappa shape index (κ2) is 5.37. The van der Waals surface area contributed by atoms with E-state index in [1.165, 1.54) is 0 Å². The molecule has 22 heavy (non-hydrogen) atoms. The van der Waals surface area contributed by atoms with Gasteiger partial charge in [-0.1, -0.05) is 39.7 Å². The minimum absolute atomic E-state index is 0.374. The number of hydrogen-bond donors (Lipinski definition) is 2. The van der Waals surface area contributed by atoms with E-state index in [4.69, 9.17) is 16.3 Å². The monoisotopic (exact) mass is 385 g/mol. The number of aliphatic carboxylic acids is 1. The van der Waals surface area contributed by atoms with Gasteiger partial charge in [0.2, 0.25) is 5.91 Å². The number of rotatable bonds is 3. The predicted molar refractivity (Wildman–Crippen MR) is 84.8 cm³/mol. The van der Waals surface area contributed by atoms with Crippen LogP contribution in [0.5, 0.6) is 0 Å². The molecular formula is C15H13BrClNO4. The summed E-state index contributed by atoms with van der Waals surface area (Å²) in [6.45, 7) is 1.72. The van der Waals surface area contributed by atoms with E-state index in [0.29, 0.717) is 10.7 Å². The van der Waals surface area contributed by atoms with Gasteiger partial charge in [-0.25, -0.2) is 0 Å². The Morgan fingerprint density at radius 2 is 2.18 bits per heavy atom. The molecule has 4 atom stereocenters. The van der Waals surface area contributed by atoms with Gasteiger partial charge in [0.15, 0.2) is 0 Å². The standard InChI is InChI=1S/C15H13BrClNO4/c1-15-5-4-10(22-15)11(14(20)21)12(15)13(19)18-9-3-2-7(16)6-8(9)17/h2-6,10-12H,1H3,(H,18,19)(H,20,21)/t10-,11+,12+,15+/m1/s1. The first kappa shape index (κ1) is 15.5. The molecular weight excluding hydrogens is 374 g/mol. The SMILES string of the molecule is C[C@@]12C=C[C@@H](O1)[C@H](C(=O)O)[C@H]2C(=O)Nc1ccc(Br)cc1Cl. The van der Waals surface area contributed by atoms with Crippen LogP contribution in [0.3, 0.4) is 0 Å². The van der Waals surface area contributed by atoms with Crippen molar-refractivity contribution >= 4 is 45.1 Å². The Morgan fingerprint density at radius 3 is 2.82 bits per heavy atom. The third kappa shape index (κ3) is 2.45. The molecule has 5 nitrogen and oxygen atoms in total. The van der Waals surface area contributed by atoms with Gasteiger partial charge in [0.25, 0.3) is 0 Å². The third-order valence-corrected chi connectivity index (χ3v) is 4.90. The molecule has 1 saturated heterocycles. The van der Waals surface area contributed by atoms with Crippen molar-refractivity contribution in [3.63, 3.8) is 0 Å². The molecule has 0 aliphatic carbocycles. The molecule has 0 spiro atoms. The zero-order chi connectivity index (χ0) is 16.1. The molecule has 3 rings (SSSR count). The first-order valence-electron chi connectivity index (χ1n) is 6.68. The van der Waals surface area contributed by atoms with Crippen molar-refractivity contribution in [1.29, 1.82) is 0 Å². The zero-order valence-electron chi connectivity index (χ0n) is 11.5. The molecule has 1 aromatic rings. The van der Waals surface area contributed by atoms with Gasteiger partial charge < -0.3 is 15.2 Å². The van der Waals surface area contributed by atoms with Gasteiger partial charge in [0.05, 0.1) is 28.3 Å². The summed E-state index contributed by atoms with van der Waals surface area (Å²) in [7, 11) is 0. The lowest BCUT2D eigenvalue weighted by molar-refractivity contribution is -0.146. The fraction of sp³-hybridized carbons (Fsp3) is 0.333. The van der Waals surface area contributed by atoms with E-state index in [0.717, 1.165) is 4.47 Å². The molecule has 2 N–H and O–H groups in total. The highest BCUT2D eigenvalue weighted by Gasteiger charge is 2.59. The van der Waals surface area contributed by atoms with Gasteiger partial charge in [-0.15, -0.1) is 0 Å². The number of carboxylic acids is 1. The van der Waals surface area contributed by atoms with Crippen molar-refractivity contribution in [2.45, 2.75) is 18.6 Å². The first-order chi connectivity index (χ1) is 10.3. The summed E-state index contributed by atoms with van der Waals surface area (Å²) in [4.78, 5) is 24.1. The molecule has 2 heterocycles. The second-order valence-electron chi connectivity index (χ2n) is 5.58. The average Bonchev–Trinajstić information content (AvgIpc) is 2.94. The molecule has 2 aliphatic heterocycles. The maximum absolute atomic E-state index is 12.6. The molecule has 2 aliphatic rings. The molecule has 1 aromatic carbocycles.